The monoisotopic (exact) mass is 204 g/mol. The number of hydrogen-bond acceptors (Lipinski definition) is 1. The molecule has 1 nitrogen and oxygen atoms in total. The molecule has 0 saturated carbocycles. The number of ether oxygens (including phenoxy) is 1. The molecule has 1 saturated heterocycles. The topological polar surface area (TPSA) is 12.5 Å². The zero-order chi connectivity index (χ0) is 11.2. The van der Waals surface area contributed by atoms with Crippen LogP contribution in [-0.4, -0.2) is 6.10 Å². The first-order chi connectivity index (χ1) is 6.89. The van der Waals surface area contributed by atoms with Gasteiger partial charge in [0, 0.05) is 0 Å². The van der Waals surface area contributed by atoms with E-state index in [0.29, 0.717) is 12.2 Å². The SMILES string of the molecule is Cc1cc(C(C)(C)C)ccc1C1OC1C. The van der Waals surface area contributed by atoms with Crippen molar-refractivity contribution in [1.29, 1.82) is 0 Å². The van der Waals surface area contributed by atoms with Crippen molar-refractivity contribution in [1.82, 2.24) is 0 Å². The maximum absolute atomic E-state index is 5.51. The molecule has 1 aromatic rings. The van der Waals surface area contributed by atoms with E-state index >= 15 is 0 Å². The van der Waals surface area contributed by atoms with E-state index in [9.17, 15) is 0 Å². The van der Waals surface area contributed by atoms with Gasteiger partial charge in [0.1, 0.15) is 6.10 Å². The standard InChI is InChI=1S/C14H20O/c1-9-8-11(14(3,4)5)6-7-12(9)13-10(2)15-13/h6-8,10,13H,1-5H3. The molecule has 0 radical (unpaired) electrons. The average molecular weight is 204 g/mol. The van der Waals surface area contributed by atoms with Gasteiger partial charge in [-0.15, -0.1) is 0 Å². The van der Waals surface area contributed by atoms with Gasteiger partial charge in [-0.3, -0.25) is 0 Å². The number of epoxide rings is 1. The van der Waals surface area contributed by atoms with Gasteiger partial charge in [-0.05, 0) is 36.0 Å². The Bertz CT molecular complexity index is 373. The molecule has 0 N–H and O–H groups in total. The van der Waals surface area contributed by atoms with Crippen molar-refractivity contribution in [3.8, 4) is 0 Å². The molecule has 2 atom stereocenters. The summed E-state index contributed by atoms with van der Waals surface area (Å²) in [5.74, 6) is 0. The fraction of sp³-hybridized carbons (Fsp3) is 0.571. The Hall–Kier alpha value is -0.820. The van der Waals surface area contributed by atoms with Crippen molar-refractivity contribution in [2.24, 2.45) is 0 Å². The Labute approximate surface area is 92.5 Å². The first-order valence-electron chi connectivity index (χ1n) is 5.66. The number of benzene rings is 1. The highest BCUT2D eigenvalue weighted by Crippen LogP contribution is 2.40. The van der Waals surface area contributed by atoms with Crippen LogP contribution in [0.5, 0.6) is 0 Å². The first kappa shape index (κ1) is 10.7. The highest BCUT2D eigenvalue weighted by Gasteiger charge is 2.36. The van der Waals surface area contributed by atoms with Gasteiger partial charge < -0.3 is 4.74 Å². The highest BCUT2D eigenvalue weighted by molar-refractivity contribution is 5.37. The Morgan fingerprint density at radius 3 is 2.20 bits per heavy atom. The lowest BCUT2D eigenvalue weighted by atomic mass is 9.85. The van der Waals surface area contributed by atoms with Crippen LogP contribution in [0.25, 0.3) is 0 Å². The third-order valence-electron chi connectivity index (χ3n) is 3.15. The Morgan fingerprint density at radius 1 is 1.20 bits per heavy atom. The van der Waals surface area contributed by atoms with Crippen molar-refractivity contribution in [2.75, 3.05) is 0 Å². The fourth-order valence-electron chi connectivity index (χ4n) is 1.97. The van der Waals surface area contributed by atoms with Crippen LogP contribution in [0.3, 0.4) is 0 Å². The van der Waals surface area contributed by atoms with Crippen LogP contribution in [0, 0.1) is 6.92 Å². The predicted molar refractivity (Wildman–Crippen MR) is 63.2 cm³/mol. The molecule has 2 rings (SSSR count). The van der Waals surface area contributed by atoms with Crippen LogP contribution in [0.15, 0.2) is 18.2 Å². The van der Waals surface area contributed by atoms with Crippen LogP contribution in [0.2, 0.25) is 0 Å². The number of rotatable bonds is 1. The Kier molecular flexibility index (Phi) is 2.38. The van der Waals surface area contributed by atoms with E-state index in [4.69, 9.17) is 4.74 Å². The molecule has 1 heterocycles. The maximum Gasteiger partial charge on any atom is 0.109 e. The lowest BCUT2D eigenvalue weighted by molar-refractivity contribution is 0.382. The molecule has 0 amide bonds. The van der Waals surface area contributed by atoms with Crippen LogP contribution >= 0.6 is 0 Å². The molecule has 1 aliphatic rings. The third kappa shape index (κ3) is 2.07. The van der Waals surface area contributed by atoms with Crippen LogP contribution in [-0.2, 0) is 10.2 Å². The summed E-state index contributed by atoms with van der Waals surface area (Å²) in [6.07, 6.45) is 0.753. The predicted octanol–water partition coefficient (Wildman–Crippen LogP) is 3.75. The minimum absolute atomic E-state index is 0.235. The van der Waals surface area contributed by atoms with Crippen molar-refractivity contribution in [3.05, 3.63) is 34.9 Å². The zero-order valence-corrected chi connectivity index (χ0v) is 10.3. The van der Waals surface area contributed by atoms with Crippen LogP contribution in [0.4, 0.5) is 0 Å². The van der Waals surface area contributed by atoms with Gasteiger partial charge in [0.15, 0.2) is 0 Å². The second kappa shape index (κ2) is 3.34. The van der Waals surface area contributed by atoms with Gasteiger partial charge in [-0.25, -0.2) is 0 Å². The molecule has 1 aromatic carbocycles. The summed E-state index contributed by atoms with van der Waals surface area (Å²) in [6.45, 7) is 11.0. The number of aryl methyl sites for hydroxylation is 1. The molecular formula is C14H20O. The summed E-state index contributed by atoms with van der Waals surface area (Å²) < 4.78 is 5.51. The van der Waals surface area contributed by atoms with Gasteiger partial charge in [0.25, 0.3) is 0 Å². The lowest BCUT2D eigenvalue weighted by Crippen LogP contribution is -2.11. The van der Waals surface area contributed by atoms with E-state index in [1.54, 1.807) is 0 Å². The summed E-state index contributed by atoms with van der Waals surface area (Å²) in [5, 5.41) is 0. The first-order valence-corrected chi connectivity index (χ1v) is 5.66. The highest BCUT2D eigenvalue weighted by atomic mass is 16.6. The molecular weight excluding hydrogens is 184 g/mol. The molecule has 1 fully saturated rings. The maximum atomic E-state index is 5.51. The summed E-state index contributed by atoms with van der Waals surface area (Å²) in [4.78, 5) is 0. The van der Waals surface area contributed by atoms with E-state index in [2.05, 4.69) is 52.8 Å². The Balaban J connectivity index is 2.31. The van der Waals surface area contributed by atoms with E-state index in [1.807, 2.05) is 0 Å². The number of hydrogen-bond donors (Lipinski definition) is 0. The quantitative estimate of drug-likeness (QED) is 0.635. The van der Waals surface area contributed by atoms with Gasteiger partial charge >= 0.3 is 0 Å². The average Bonchev–Trinajstić information content (AvgIpc) is 2.80. The largest absolute Gasteiger partial charge is 0.365 e. The molecule has 0 aromatic heterocycles. The molecule has 1 heteroatoms. The molecule has 0 spiro atoms. The normalized spacial score (nSPS) is 25.4. The van der Waals surface area contributed by atoms with Gasteiger partial charge in [-0.1, -0.05) is 39.0 Å². The van der Waals surface area contributed by atoms with E-state index in [-0.39, 0.29) is 5.41 Å². The van der Waals surface area contributed by atoms with E-state index < -0.39 is 0 Å². The molecule has 0 aliphatic carbocycles. The van der Waals surface area contributed by atoms with Gasteiger partial charge in [-0.2, -0.15) is 0 Å². The summed E-state index contributed by atoms with van der Waals surface area (Å²) in [5.41, 5.74) is 4.35. The van der Waals surface area contributed by atoms with Crippen molar-refractivity contribution in [3.63, 3.8) is 0 Å². The van der Waals surface area contributed by atoms with E-state index in [1.165, 1.54) is 16.7 Å². The zero-order valence-electron chi connectivity index (χ0n) is 10.3. The van der Waals surface area contributed by atoms with Crippen molar-refractivity contribution < 1.29 is 4.74 Å². The minimum Gasteiger partial charge on any atom is -0.365 e. The second-order valence-corrected chi connectivity index (χ2v) is 5.58. The molecule has 15 heavy (non-hydrogen) atoms. The third-order valence-corrected chi connectivity index (χ3v) is 3.15. The molecule has 0 bridgehead atoms. The van der Waals surface area contributed by atoms with Crippen LogP contribution < -0.4 is 0 Å². The van der Waals surface area contributed by atoms with Crippen molar-refractivity contribution >= 4 is 0 Å². The molecule has 82 valence electrons. The van der Waals surface area contributed by atoms with E-state index in [0.717, 1.165) is 0 Å². The summed E-state index contributed by atoms with van der Waals surface area (Å²) in [7, 11) is 0. The fourth-order valence-corrected chi connectivity index (χ4v) is 1.97. The minimum atomic E-state index is 0.235. The Morgan fingerprint density at radius 2 is 1.80 bits per heavy atom. The summed E-state index contributed by atoms with van der Waals surface area (Å²) in [6, 6.07) is 6.75. The second-order valence-electron chi connectivity index (χ2n) is 5.58. The molecule has 1 aliphatic heterocycles. The van der Waals surface area contributed by atoms with Gasteiger partial charge in [0.2, 0.25) is 0 Å². The van der Waals surface area contributed by atoms with Crippen molar-refractivity contribution in [2.45, 2.75) is 52.2 Å². The summed E-state index contributed by atoms with van der Waals surface area (Å²) >= 11 is 0. The smallest absolute Gasteiger partial charge is 0.109 e. The lowest BCUT2D eigenvalue weighted by Gasteiger charge is -2.20. The van der Waals surface area contributed by atoms with Gasteiger partial charge in [0.05, 0.1) is 6.10 Å². The van der Waals surface area contributed by atoms with Crippen LogP contribution in [0.1, 0.15) is 50.5 Å². The molecule has 2 unspecified atom stereocenters.